The molecule has 0 saturated carbocycles. The number of likely N-dealkylation sites (N-methyl/N-ethyl adjacent to an activating group) is 1. The molecule has 8 heteroatoms. The number of aryl methyl sites for hydroxylation is 2. The number of guanidine groups is 1. The van der Waals surface area contributed by atoms with Crippen LogP contribution in [0.2, 0.25) is 0 Å². The van der Waals surface area contributed by atoms with Crippen molar-refractivity contribution in [2.45, 2.75) is 45.6 Å². The van der Waals surface area contributed by atoms with Gasteiger partial charge in [-0.25, -0.2) is 0 Å². The number of hydrogen-bond donors (Lipinski definition) is 2. The first kappa shape index (κ1) is 20.1. The van der Waals surface area contributed by atoms with Crippen LogP contribution in [0.15, 0.2) is 9.52 Å². The van der Waals surface area contributed by atoms with Gasteiger partial charge in [0.05, 0.1) is 0 Å². The number of aliphatic imine (C=N–C) groups is 1. The molecule has 0 amide bonds. The first-order valence-electron chi connectivity index (χ1n) is 8.20. The van der Waals surface area contributed by atoms with Gasteiger partial charge in [0.25, 0.3) is 0 Å². The Morgan fingerprint density at radius 1 is 1.43 bits per heavy atom. The lowest BCUT2D eigenvalue weighted by Gasteiger charge is -2.23. The molecule has 1 aromatic rings. The highest BCUT2D eigenvalue weighted by atomic mass is 127. The van der Waals surface area contributed by atoms with E-state index in [0.717, 1.165) is 38.4 Å². The van der Waals surface area contributed by atoms with Crippen molar-refractivity contribution in [3.63, 3.8) is 0 Å². The zero-order chi connectivity index (χ0) is 15.8. The molecule has 1 fully saturated rings. The molecule has 132 valence electrons. The van der Waals surface area contributed by atoms with E-state index >= 15 is 0 Å². The average Bonchev–Trinajstić information content (AvgIpc) is 3.15. The van der Waals surface area contributed by atoms with Crippen molar-refractivity contribution in [3.8, 4) is 0 Å². The maximum absolute atomic E-state index is 5.10. The van der Waals surface area contributed by atoms with Gasteiger partial charge < -0.3 is 15.2 Å². The maximum Gasteiger partial charge on any atom is 0.226 e. The van der Waals surface area contributed by atoms with Crippen molar-refractivity contribution in [1.29, 1.82) is 0 Å². The molecule has 7 nitrogen and oxygen atoms in total. The molecule has 1 atom stereocenters. The summed E-state index contributed by atoms with van der Waals surface area (Å²) in [5, 5.41) is 10.5. The van der Waals surface area contributed by atoms with Crippen molar-refractivity contribution in [3.05, 3.63) is 11.7 Å². The van der Waals surface area contributed by atoms with E-state index in [1.54, 1.807) is 0 Å². The van der Waals surface area contributed by atoms with Gasteiger partial charge in [0.1, 0.15) is 0 Å². The smallest absolute Gasteiger partial charge is 0.226 e. The summed E-state index contributed by atoms with van der Waals surface area (Å²) in [4.78, 5) is 11.0. The Morgan fingerprint density at radius 2 is 2.26 bits per heavy atom. The molecule has 1 saturated heterocycles. The second-order valence-corrected chi connectivity index (χ2v) is 5.64. The highest BCUT2D eigenvalue weighted by molar-refractivity contribution is 14.0. The predicted molar refractivity (Wildman–Crippen MR) is 102 cm³/mol. The minimum Gasteiger partial charge on any atom is -0.356 e. The second kappa shape index (κ2) is 10.8. The van der Waals surface area contributed by atoms with E-state index in [4.69, 9.17) is 4.52 Å². The zero-order valence-electron chi connectivity index (χ0n) is 14.3. The fourth-order valence-electron chi connectivity index (χ4n) is 2.87. The number of hydrogen-bond acceptors (Lipinski definition) is 5. The number of aromatic nitrogens is 2. The summed E-state index contributed by atoms with van der Waals surface area (Å²) in [6, 6.07) is 0.630. The summed E-state index contributed by atoms with van der Waals surface area (Å²) >= 11 is 0. The van der Waals surface area contributed by atoms with Crippen LogP contribution >= 0.6 is 24.0 Å². The van der Waals surface area contributed by atoms with Crippen LogP contribution in [0.3, 0.4) is 0 Å². The minimum absolute atomic E-state index is 0. The number of nitrogens with one attached hydrogen (secondary N) is 2. The largest absolute Gasteiger partial charge is 0.356 e. The van der Waals surface area contributed by atoms with Crippen LogP contribution in [0.1, 0.15) is 37.9 Å². The molecule has 0 spiro atoms. The van der Waals surface area contributed by atoms with Gasteiger partial charge in [-0.3, -0.25) is 9.89 Å². The van der Waals surface area contributed by atoms with Gasteiger partial charge in [-0.2, -0.15) is 4.98 Å². The van der Waals surface area contributed by atoms with Crippen LogP contribution in [0.5, 0.6) is 0 Å². The number of halogens is 1. The fourth-order valence-corrected chi connectivity index (χ4v) is 2.87. The first-order valence-corrected chi connectivity index (χ1v) is 8.20. The topological polar surface area (TPSA) is 78.6 Å². The molecular formula is C15H29IN6O. The van der Waals surface area contributed by atoms with Gasteiger partial charge in [-0.15, -0.1) is 24.0 Å². The predicted octanol–water partition coefficient (Wildman–Crippen LogP) is 1.58. The minimum atomic E-state index is 0. The molecule has 0 aromatic carbocycles. The van der Waals surface area contributed by atoms with E-state index in [2.05, 4.69) is 37.6 Å². The Balaban J connectivity index is 0.00000264. The quantitative estimate of drug-likeness (QED) is 0.293. The number of likely N-dealkylation sites (tertiary alicyclic amines) is 1. The first-order chi connectivity index (χ1) is 10.7. The van der Waals surface area contributed by atoms with Crippen LogP contribution in [-0.2, 0) is 6.42 Å². The van der Waals surface area contributed by atoms with E-state index in [9.17, 15) is 0 Å². The Hall–Kier alpha value is -0.900. The van der Waals surface area contributed by atoms with Crippen molar-refractivity contribution in [2.24, 2.45) is 4.99 Å². The molecule has 0 radical (unpaired) electrons. The molecule has 23 heavy (non-hydrogen) atoms. The molecule has 1 unspecified atom stereocenters. The summed E-state index contributed by atoms with van der Waals surface area (Å²) in [5.41, 5.74) is 0. The average molecular weight is 436 g/mol. The SMILES string of the molecule is CCN1CCCC1CNC(=NC)NCCCc1nc(C)no1.I. The number of rotatable bonds is 7. The third-order valence-electron chi connectivity index (χ3n) is 4.06. The lowest BCUT2D eigenvalue weighted by molar-refractivity contribution is 0.267. The normalized spacial score (nSPS) is 18.7. The Morgan fingerprint density at radius 3 is 2.91 bits per heavy atom. The van der Waals surface area contributed by atoms with E-state index in [1.165, 1.54) is 19.4 Å². The van der Waals surface area contributed by atoms with Crippen molar-refractivity contribution in [2.75, 3.05) is 33.2 Å². The molecule has 0 bridgehead atoms. The van der Waals surface area contributed by atoms with Crippen LogP contribution in [-0.4, -0.2) is 60.3 Å². The van der Waals surface area contributed by atoms with E-state index in [0.29, 0.717) is 17.8 Å². The molecule has 2 heterocycles. The van der Waals surface area contributed by atoms with Gasteiger partial charge in [-0.1, -0.05) is 12.1 Å². The Bertz CT molecular complexity index is 478. The van der Waals surface area contributed by atoms with Crippen LogP contribution in [0.25, 0.3) is 0 Å². The second-order valence-electron chi connectivity index (χ2n) is 5.64. The molecule has 2 rings (SSSR count). The zero-order valence-corrected chi connectivity index (χ0v) is 16.7. The van der Waals surface area contributed by atoms with E-state index < -0.39 is 0 Å². The van der Waals surface area contributed by atoms with Gasteiger partial charge >= 0.3 is 0 Å². The summed E-state index contributed by atoms with van der Waals surface area (Å²) in [6.07, 6.45) is 4.30. The molecule has 0 aliphatic carbocycles. The lowest BCUT2D eigenvalue weighted by Crippen LogP contribution is -2.45. The standard InChI is InChI=1S/C15H28N6O.HI/c1-4-21-10-6-7-13(21)11-18-15(16-3)17-9-5-8-14-19-12(2)20-22-14;/h13H,4-11H2,1-3H3,(H2,16,17,18);1H. The molecular weight excluding hydrogens is 407 g/mol. The maximum atomic E-state index is 5.10. The van der Waals surface area contributed by atoms with Gasteiger partial charge in [0.15, 0.2) is 11.8 Å². The summed E-state index contributed by atoms with van der Waals surface area (Å²) < 4.78 is 5.10. The third kappa shape index (κ3) is 6.62. The van der Waals surface area contributed by atoms with Crippen molar-refractivity contribution >= 4 is 29.9 Å². The van der Waals surface area contributed by atoms with Crippen LogP contribution < -0.4 is 10.6 Å². The molecule has 1 aliphatic rings. The molecule has 2 N–H and O–H groups in total. The van der Waals surface area contributed by atoms with E-state index in [1.807, 2.05) is 14.0 Å². The summed E-state index contributed by atoms with van der Waals surface area (Å²) in [7, 11) is 1.81. The molecule has 1 aromatic heterocycles. The third-order valence-corrected chi connectivity index (χ3v) is 4.06. The van der Waals surface area contributed by atoms with Gasteiger partial charge in [0, 0.05) is 32.6 Å². The molecule has 1 aliphatic heterocycles. The van der Waals surface area contributed by atoms with Crippen LogP contribution in [0, 0.1) is 6.92 Å². The summed E-state index contributed by atoms with van der Waals surface area (Å²) in [6.45, 7) is 8.20. The van der Waals surface area contributed by atoms with Crippen molar-refractivity contribution in [1.82, 2.24) is 25.7 Å². The Kier molecular flexibility index (Phi) is 9.46. The van der Waals surface area contributed by atoms with Crippen LogP contribution in [0.4, 0.5) is 0 Å². The highest BCUT2D eigenvalue weighted by Crippen LogP contribution is 2.15. The highest BCUT2D eigenvalue weighted by Gasteiger charge is 2.22. The van der Waals surface area contributed by atoms with Crippen molar-refractivity contribution < 1.29 is 4.52 Å². The summed E-state index contributed by atoms with van der Waals surface area (Å²) in [5.74, 6) is 2.26. The van der Waals surface area contributed by atoms with E-state index in [-0.39, 0.29) is 24.0 Å². The fraction of sp³-hybridized carbons (Fsp3) is 0.800. The lowest BCUT2D eigenvalue weighted by atomic mass is 10.2. The Labute approximate surface area is 155 Å². The van der Waals surface area contributed by atoms with Gasteiger partial charge in [-0.05, 0) is 39.3 Å². The number of nitrogens with zero attached hydrogens (tertiary/aromatic N) is 4. The van der Waals surface area contributed by atoms with Gasteiger partial charge in [0.2, 0.25) is 5.89 Å². The monoisotopic (exact) mass is 436 g/mol.